The topological polar surface area (TPSA) is 108 Å². The van der Waals surface area contributed by atoms with Crippen LogP contribution in [-0.2, 0) is 25.7 Å². The van der Waals surface area contributed by atoms with Crippen molar-refractivity contribution in [3.63, 3.8) is 0 Å². The number of aliphatic hydroxyl groups is 1. The lowest BCUT2D eigenvalue weighted by Crippen LogP contribution is -2.59. The Labute approximate surface area is 202 Å². The second-order valence-corrected chi connectivity index (χ2v) is 10.7. The Morgan fingerprint density at radius 2 is 1.97 bits per heavy atom. The number of hydrogen-bond acceptors (Lipinski definition) is 5. The molecule has 3 saturated heterocycles. The van der Waals surface area contributed by atoms with Crippen molar-refractivity contribution in [2.45, 2.75) is 74.8 Å². The van der Waals surface area contributed by atoms with E-state index in [9.17, 15) is 19.5 Å². The Morgan fingerprint density at radius 3 is 2.58 bits per heavy atom. The molecular weight excluding hydrogens is 490 g/mol. The van der Waals surface area contributed by atoms with Gasteiger partial charge in [0.15, 0.2) is 0 Å². The molecule has 7 atom stereocenters. The highest BCUT2D eigenvalue weighted by atomic mass is 79.9. The van der Waals surface area contributed by atoms with Gasteiger partial charge in [0.2, 0.25) is 17.7 Å². The summed E-state index contributed by atoms with van der Waals surface area (Å²) >= 11 is 3.65. The minimum atomic E-state index is -1.10. The van der Waals surface area contributed by atoms with Crippen LogP contribution in [0.1, 0.15) is 39.2 Å². The first kappa shape index (κ1) is 24.2. The van der Waals surface area contributed by atoms with Gasteiger partial charge in [-0.2, -0.15) is 0 Å². The Hall–Kier alpha value is -1.97. The number of carbonyl (C=O) groups excluding carboxylic acids is 3. The van der Waals surface area contributed by atoms with E-state index >= 15 is 0 Å². The molecule has 33 heavy (non-hydrogen) atoms. The summed E-state index contributed by atoms with van der Waals surface area (Å²) in [5, 5.41) is 15.9. The molecule has 3 fully saturated rings. The van der Waals surface area contributed by atoms with E-state index in [-0.39, 0.29) is 35.2 Å². The summed E-state index contributed by atoms with van der Waals surface area (Å²) in [4.78, 5) is 41.9. The molecule has 1 spiro atoms. The third kappa shape index (κ3) is 3.98. The number of carbonyl (C=O) groups is 3. The number of ether oxygens (including phenoxy) is 1. The number of alkyl halides is 1. The van der Waals surface area contributed by atoms with Crippen LogP contribution in [0.4, 0.5) is 0 Å². The van der Waals surface area contributed by atoms with Gasteiger partial charge in [-0.25, -0.2) is 0 Å². The van der Waals surface area contributed by atoms with Crippen LogP contribution in [0.15, 0.2) is 30.3 Å². The van der Waals surface area contributed by atoms with E-state index in [1.807, 2.05) is 51.1 Å². The molecule has 0 saturated carbocycles. The van der Waals surface area contributed by atoms with Gasteiger partial charge < -0.3 is 25.4 Å². The molecule has 3 amide bonds. The van der Waals surface area contributed by atoms with Gasteiger partial charge in [-0.3, -0.25) is 14.4 Å². The number of aliphatic hydroxyl groups excluding tert-OH is 1. The maximum absolute atomic E-state index is 13.8. The van der Waals surface area contributed by atoms with Crippen LogP contribution >= 0.6 is 15.9 Å². The molecule has 0 aromatic heterocycles. The van der Waals surface area contributed by atoms with Crippen molar-refractivity contribution in [1.29, 1.82) is 0 Å². The molecule has 1 aromatic carbocycles. The number of fused-ring (bicyclic) bond motifs is 1. The van der Waals surface area contributed by atoms with Crippen LogP contribution in [-0.4, -0.2) is 69.0 Å². The van der Waals surface area contributed by atoms with Crippen LogP contribution < -0.4 is 10.6 Å². The monoisotopic (exact) mass is 521 g/mol. The Bertz CT molecular complexity index is 909. The third-order valence-corrected chi connectivity index (χ3v) is 7.94. The van der Waals surface area contributed by atoms with Crippen LogP contribution in [0.2, 0.25) is 0 Å². The zero-order chi connectivity index (χ0) is 23.9. The van der Waals surface area contributed by atoms with Crippen LogP contribution in [0, 0.1) is 11.8 Å². The molecule has 3 heterocycles. The van der Waals surface area contributed by atoms with E-state index in [0.29, 0.717) is 19.4 Å². The quantitative estimate of drug-likeness (QED) is 0.447. The van der Waals surface area contributed by atoms with Crippen LogP contribution in [0.3, 0.4) is 0 Å². The lowest BCUT2D eigenvalue weighted by molar-refractivity contribution is -0.145. The highest BCUT2D eigenvalue weighted by Gasteiger charge is 2.76. The average molecular weight is 522 g/mol. The standard InChI is InChI=1S/C24H32BrN3O5/c1-4-15(12-29)28-20(22(31)27-13(2)3)24-10-16(25)19(33-24)17(18(24)23(28)32)21(30)26-11-14-8-6-5-7-9-14/h5-9,13,15-20,29H,4,10-12H2,1-3H3,(H,26,30)(H,27,31)/t15-,16?,17-,18-,19-,20?,24?/m0/s1. The SMILES string of the molecule is CC[C@@H](CO)N1C(=O)[C@@H]2[C@H](C(=O)NCc3ccccc3)[C@H]3OC2(CC3Br)C1C(=O)NC(C)C. The number of likely N-dealkylation sites (tertiary alicyclic amines) is 1. The average Bonchev–Trinajstić information content (AvgIpc) is 3.37. The summed E-state index contributed by atoms with van der Waals surface area (Å²) in [5.41, 5.74) is -0.147. The van der Waals surface area contributed by atoms with Crippen molar-refractivity contribution in [3.8, 4) is 0 Å². The van der Waals surface area contributed by atoms with E-state index in [0.717, 1.165) is 5.56 Å². The summed E-state index contributed by atoms with van der Waals surface area (Å²) in [6.45, 7) is 5.67. The Morgan fingerprint density at radius 1 is 1.27 bits per heavy atom. The zero-order valence-corrected chi connectivity index (χ0v) is 20.7. The number of halogens is 1. The van der Waals surface area contributed by atoms with Crippen molar-refractivity contribution in [1.82, 2.24) is 15.5 Å². The number of hydrogen-bond donors (Lipinski definition) is 3. The molecule has 3 aliphatic heterocycles. The Kier molecular flexibility index (Phi) is 6.85. The maximum Gasteiger partial charge on any atom is 0.246 e. The van der Waals surface area contributed by atoms with Crippen LogP contribution in [0.5, 0.6) is 0 Å². The van der Waals surface area contributed by atoms with Crippen molar-refractivity contribution in [3.05, 3.63) is 35.9 Å². The highest BCUT2D eigenvalue weighted by molar-refractivity contribution is 9.09. The van der Waals surface area contributed by atoms with Gasteiger partial charge in [-0.15, -0.1) is 0 Å². The molecule has 0 aliphatic carbocycles. The summed E-state index contributed by atoms with van der Waals surface area (Å²) in [7, 11) is 0. The lowest BCUT2D eigenvalue weighted by atomic mass is 9.70. The van der Waals surface area contributed by atoms with Crippen molar-refractivity contribution >= 4 is 33.7 Å². The van der Waals surface area contributed by atoms with Gasteiger partial charge in [0.1, 0.15) is 11.6 Å². The molecule has 2 bridgehead atoms. The molecule has 3 N–H and O–H groups in total. The van der Waals surface area contributed by atoms with Gasteiger partial charge in [-0.1, -0.05) is 53.2 Å². The van der Waals surface area contributed by atoms with Crippen molar-refractivity contribution in [2.75, 3.05) is 6.61 Å². The third-order valence-electron chi connectivity index (χ3n) is 7.09. The number of rotatable bonds is 8. The first-order valence-corrected chi connectivity index (χ1v) is 12.5. The predicted octanol–water partition coefficient (Wildman–Crippen LogP) is 1.35. The second-order valence-electron chi connectivity index (χ2n) is 9.52. The molecule has 4 rings (SSSR count). The fraction of sp³-hybridized carbons (Fsp3) is 0.625. The minimum absolute atomic E-state index is 0.123. The number of nitrogens with zero attached hydrogens (tertiary/aromatic N) is 1. The highest BCUT2D eigenvalue weighted by Crippen LogP contribution is 2.60. The van der Waals surface area contributed by atoms with E-state index in [1.54, 1.807) is 0 Å². The summed E-state index contributed by atoms with van der Waals surface area (Å²) in [6, 6.07) is 8.03. The van der Waals surface area contributed by atoms with Crippen molar-refractivity contribution < 1.29 is 24.2 Å². The van der Waals surface area contributed by atoms with Gasteiger partial charge in [0.05, 0.1) is 30.6 Å². The first-order valence-electron chi connectivity index (χ1n) is 11.6. The fourth-order valence-corrected chi connectivity index (χ4v) is 6.68. The second kappa shape index (κ2) is 9.35. The van der Waals surface area contributed by atoms with Crippen molar-refractivity contribution in [2.24, 2.45) is 11.8 Å². The van der Waals surface area contributed by atoms with E-state index < -0.39 is 35.6 Å². The maximum atomic E-state index is 13.8. The molecule has 1 aromatic rings. The summed E-state index contributed by atoms with van der Waals surface area (Å²) in [6.07, 6.45) is 0.439. The Balaban J connectivity index is 1.67. The molecule has 0 radical (unpaired) electrons. The predicted molar refractivity (Wildman–Crippen MR) is 125 cm³/mol. The number of benzene rings is 1. The molecule has 180 valence electrons. The summed E-state index contributed by atoms with van der Waals surface area (Å²) in [5.74, 6) is -2.33. The smallest absolute Gasteiger partial charge is 0.246 e. The molecule has 3 unspecified atom stereocenters. The first-order chi connectivity index (χ1) is 15.7. The van der Waals surface area contributed by atoms with Crippen LogP contribution in [0.25, 0.3) is 0 Å². The van der Waals surface area contributed by atoms with Gasteiger partial charge >= 0.3 is 0 Å². The normalized spacial score (nSPS) is 33.3. The minimum Gasteiger partial charge on any atom is -0.394 e. The number of amides is 3. The molecule has 3 aliphatic rings. The molecule has 8 nitrogen and oxygen atoms in total. The number of nitrogens with one attached hydrogen (secondary N) is 2. The van der Waals surface area contributed by atoms with E-state index in [2.05, 4.69) is 26.6 Å². The zero-order valence-electron chi connectivity index (χ0n) is 19.2. The van der Waals surface area contributed by atoms with Gasteiger partial charge in [0.25, 0.3) is 0 Å². The fourth-order valence-electron chi connectivity index (χ4n) is 5.74. The largest absolute Gasteiger partial charge is 0.394 e. The van der Waals surface area contributed by atoms with Gasteiger partial charge in [0, 0.05) is 17.4 Å². The molecule has 9 heteroatoms. The van der Waals surface area contributed by atoms with E-state index in [1.165, 1.54) is 4.90 Å². The van der Waals surface area contributed by atoms with E-state index in [4.69, 9.17) is 4.74 Å². The summed E-state index contributed by atoms with van der Waals surface area (Å²) < 4.78 is 6.42. The lowest BCUT2D eigenvalue weighted by Gasteiger charge is -2.37. The van der Waals surface area contributed by atoms with Gasteiger partial charge in [-0.05, 0) is 32.3 Å². The molecular formula is C24H32BrN3O5.